The van der Waals surface area contributed by atoms with E-state index < -0.39 is 0 Å². The molecule has 0 spiro atoms. The van der Waals surface area contributed by atoms with Gasteiger partial charge in [-0.1, -0.05) is 24.3 Å². The van der Waals surface area contributed by atoms with Gasteiger partial charge in [0.25, 0.3) is 0 Å². The summed E-state index contributed by atoms with van der Waals surface area (Å²) in [7, 11) is 0. The summed E-state index contributed by atoms with van der Waals surface area (Å²) >= 11 is 6.93. The molecular weight excluding hydrogens is 447 g/mol. The molecule has 0 unspecified atom stereocenters. The monoisotopic (exact) mass is 461 g/mol. The van der Waals surface area contributed by atoms with Crippen LogP contribution in [0.5, 0.6) is 0 Å². The van der Waals surface area contributed by atoms with Crippen molar-refractivity contribution in [3.63, 3.8) is 0 Å². The molecule has 146 valence electrons. The van der Waals surface area contributed by atoms with Gasteiger partial charge in [-0.2, -0.15) is 0 Å². The minimum Gasteiger partial charge on any atom is -0.452 e. The van der Waals surface area contributed by atoms with Crippen molar-refractivity contribution in [2.75, 3.05) is 0 Å². The van der Waals surface area contributed by atoms with Crippen molar-refractivity contribution in [3.8, 4) is 48.1 Å². The van der Waals surface area contributed by atoms with E-state index in [4.69, 9.17) is 4.42 Å². The molecule has 6 heterocycles. The third-order valence-electron chi connectivity index (χ3n) is 4.89. The highest BCUT2D eigenvalue weighted by Crippen LogP contribution is 2.43. The van der Waals surface area contributed by atoms with E-state index in [0.29, 0.717) is 0 Å². The minimum absolute atomic E-state index is 0.909. The normalized spacial score (nSPS) is 11.3. The highest BCUT2D eigenvalue weighted by Gasteiger charge is 2.23. The molecule has 0 aliphatic carbocycles. The van der Waals surface area contributed by atoms with Gasteiger partial charge in [-0.3, -0.25) is 0 Å². The van der Waals surface area contributed by atoms with Crippen LogP contribution < -0.4 is 0 Å². The van der Waals surface area contributed by atoms with Gasteiger partial charge in [0, 0.05) is 6.07 Å². The van der Waals surface area contributed by atoms with E-state index in [1.54, 1.807) is 45.3 Å². The van der Waals surface area contributed by atoms with E-state index in [1.165, 1.54) is 21.1 Å². The fourth-order valence-electron chi connectivity index (χ4n) is 3.60. The molecule has 6 aromatic rings. The molecule has 0 saturated heterocycles. The van der Waals surface area contributed by atoms with Crippen molar-refractivity contribution >= 4 is 45.3 Å². The van der Waals surface area contributed by atoms with E-state index in [2.05, 4.69) is 92.8 Å². The molecule has 0 N–H and O–H groups in total. The largest absolute Gasteiger partial charge is 0.452 e. The third kappa shape index (κ3) is 3.04. The van der Waals surface area contributed by atoms with Gasteiger partial charge in [0.1, 0.15) is 5.76 Å². The number of aromatic nitrogens is 1. The van der Waals surface area contributed by atoms with E-state index in [0.717, 1.165) is 27.0 Å². The second-order valence-corrected chi connectivity index (χ2v) is 10.5. The number of rotatable bonds is 5. The Labute approximate surface area is 189 Å². The summed E-state index contributed by atoms with van der Waals surface area (Å²) in [4.78, 5) is 4.76. The highest BCUT2D eigenvalue weighted by atomic mass is 32.1. The first-order chi connectivity index (χ1) is 14.9. The molecule has 0 saturated carbocycles. The molecule has 0 aromatic carbocycles. The second-order valence-electron chi connectivity index (χ2n) is 6.67. The highest BCUT2D eigenvalue weighted by molar-refractivity contribution is 7.14. The van der Waals surface area contributed by atoms with Crippen molar-refractivity contribution in [2.45, 2.75) is 0 Å². The number of thiophene rings is 4. The van der Waals surface area contributed by atoms with Crippen molar-refractivity contribution in [1.82, 2.24) is 4.57 Å². The van der Waals surface area contributed by atoms with Crippen LogP contribution in [0.4, 0.5) is 0 Å². The molecular formula is C24H15NOS4. The molecule has 6 aromatic heterocycles. The van der Waals surface area contributed by atoms with Crippen LogP contribution in [-0.2, 0) is 0 Å². The number of furan rings is 1. The van der Waals surface area contributed by atoms with Crippen molar-refractivity contribution in [1.29, 1.82) is 0 Å². The number of hydrogen-bond donors (Lipinski definition) is 0. The Kier molecular flexibility index (Phi) is 4.57. The van der Waals surface area contributed by atoms with Gasteiger partial charge in [0.2, 0.25) is 0 Å². The first kappa shape index (κ1) is 18.2. The molecule has 0 aliphatic rings. The maximum absolute atomic E-state index is 6.48. The summed E-state index contributed by atoms with van der Waals surface area (Å²) < 4.78 is 8.83. The van der Waals surface area contributed by atoms with E-state index >= 15 is 0 Å². The average molecular weight is 462 g/mol. The van der Waals surface area contributed by atoms with Gasteiger partial charge >= 0.3 is 0 Å². The lowest BCUT2D eigenvalue weighted by Gasteiger charge is -2.12. The van der Waals surface area contributed by atoms with Gasteiger partial charge in [-0.05, 0) is 57.9 Å². The second kappa shape index (κ2) is 7.56. The van der Waals surface area contributed by atoms with Gasteiger partial charge < -0.3 is 8.98 Å². The van der Waals surface area contributed by atoms with E-state index in [9.17, 15) is 0 Å². The van der Waals surface area contributed by atoms with Crippen molar-refractivity contribution < 1.29 is 4.42 Å². The number of hydrogen-bond acceptors (Lipinski definition) is 5. The smallest absolute Gasteiger partial charge is 0.168 e. The first-order valence-electron chi connectivity index (χ1n) is 9.40. The Morgan fingerprint density at radius 3 is 1.57 bits per heavy atom. The van der Waals surface area contributed by atoms with Crippen LogP contribution in [0.2, 0.25) is 0 Å². The molecule has 0 fully saturated rings. The van der Waals surface area contributed by atoms with Crippen molar-refractivity contribution in [2.24, 2.45) is 0 Å². The maximum Gasteiger partial charge on any atom is 0.168 e. The molecule has 0 aliphatic heterocycles. The molecule has 0 radical (unpaired) electrons. The fourth-order valence-corrected chi connectivity index (χ4v) is 6.48. The lowest BCUT2D eigenvalue weighted by Crippen LogP contribution is -1.98. The summed E-state index contributed by atoms with van der Waals surface area (Å²) in [6.45, 7) is 0. The van der Waals surface area contributed by atoms with Crippen molar-refractivity contribution in [3.05, 3.63) is 88.3 Å². The van der Waals surface area contributed by atoms with Crippen LogP contribution >= 0.6 is 45.3 Å². The molecule has 30 heavy (non-hydrogen) atoms. The predicted molar refractivity (Wildman–Crippen MR) is 131 cm³/mol. The minimum atomic E-state index is 0.909. The molecule has 6 heteroatoms. The molecule has 2 nitrogen and oxygen atoms in total. The molecule has 0 amide bonds. The van der Waals surface area contributed by atoms with Crippen LogP contribution in [0.25, 0.3) is 48.1 Å². The zero-order valence-corrected chi connectivity index (χ0v) is 18.9. The summed E-state index contributed by atoms with van der Waals surface area (Å²) in [5.41, 5.74) is 3.45. The zero-order valence-electron chi connectivity index (χ0n) is 15.6. The van der Waals surface area contributed by atoms with Crippen LogP contribution in [-0.4, -0.2) is 4.57 Å². The standard InChI is InChI=1S/C24H15NOS4/c1-5-20(27-11-1)16-9-10-17(21-6-2-12-28-21)25(16)18-15-19(22-7-3-13-29-22)26-24(18)23-8-4-14-30-23/h1-15H. The first-order valence-corrected chi connectivity index (χ1v) is 12.9. The number of nitrogens with zero attached hydrogens (tertiary/aromatic N) is 1. The van der Waals surface area contributed by atoms with Crippen LogP contribution in [0, 0.1) is 0 Å². The van der Waals surface area contributed by atoms with E-state index in [-0.39, 0.29) is 0 Å². The topological polar surface area (TPSA) is 18.1 Å². The molecule has 0 bridgehead atoms. The quantitative estimate of drug-likeness (QED) is 0.250. The zero-order chi connectivity index (χ0) is 19.9. The molecule has 0 atom stereocenters. The third-order valence-corrected chi connectivity index (χ3v) is 8.43. The van der Waals surface area contributed by atoms with Crippen LogP contribution in [0.3, 0.4) is 0 Å². The van der Waals surface area contributed by atoms with Crippen LogP contribution in [0.15, 0.2) is 92.7 Å². The average Bonchev–Trinajstić information content (AvgIpc) is 3.61. The Hall–Kier alpha value is -2.64. The Bertz CT molecular complexity index is 1310. The summed E-state index contributed by atoms with van der Waals surface area (Å²) in [6.07, 6.45) is 0. The fraction of sp³-hybridized carbons (Fsp3) is 0. The van der Waals surface area contributed by atoms with Gasteiger partial charge in [-0.15, -0.1) is 45.3 Å². The lowest BCUT2D eigenvalue weighted by molar-refractivity contribution is 0.599. The SMILES string of the molecule is c1csc(-c2cc(-n3c(-c4cccs4)ccc3-c3cccs3)c(-c3cccs3)o2)c1. The van der Waals surface area contributed by atoms with Gasteiger partial charge in [0.05, 0.1) is 36.6 Å². The van der Waals surface area contributed by atoms with E-state index in [1.807, 2.05) is 0 Å². The summed E-state index contributed by atoms with van der Waals surface area (Å²) in [5, 5.41) is 8.45. The predicted octanol–water partition coefficient (Wildman–Crippen LogP) is 8.98. The summed E-state index contributed by atoms with van der Waals surface area (Å²) in [6, 6.07) is 23.6. The van der Waals surface area contributed by atoms with Crippen LogP contribution in [0.1, 0.15) is 0 Å². The molecule has 6 rings (SSSR count). The van der Waals surface area contributed by atoms with Gasteiger partial charge in [-0.25, -0.2) is 0 Å². The van der Waals surface area contributed by atoms with Gasteiger partial charge in [0.15, 0.2) is 5.76 Å². The Morgan fingerprint density at radius 1 is 0.567 bits per heavy atom. The Morgan fingerprint density at radius 2 is 1.07 bits per heavy atom. The summed E-state index contributed by atoms with van der Waals surface area (Å²) in [5.74, 6) is 1.83. The maximum atomic E-state index is 6.48. The Balaban J connectivity index is 1.65. The lowest BCUT2D eigenvalue weighted by atomic mass is 10.2.